The normalized spacial score (nSPS) is 5.33. The zero-order valence-corrected chi connectivity index (χ0v) is 10.7. The van der Waals surface area contributed by atoms with Gasteiger partial charge in [-0.1, -0.05) is 0 Å². The summed E-state index contributed by atoms with van der Waals surface area (Å²) in [5.41, 5.74) is 0. The Labute approximate surface area is 94.0 Å². The summed E-state index contributed by atoms with van der Waals surface area (Å²) in [6.07, 6.45) is 0. The van der Waals surface area contributed by atoms with Crippen LogP contribution in [0.1, 0.15) is 0 Å². The molecule has 0 amide bonds. The first kappa shape index (κ1) is 16.4. The molecule has 0 aliphatic rings. The van der Waals surface area contributed by atoms with Gasteiger partial charge < -0.3 is 28.1 Å². The molecule has 0 atom stereocenters. The molecule has 0 bridgehead atoms. The minimum Gasteiger partial charge on any atom is -0.604 e. The van der Waals surface area contributed by atoms with Gasteiger partial charge in [0.25, 0.3) is 0 Å². The van der Waals surface area contributed by atoms with E-state index in [4.69, 9.17) is 28.1 Å². The topological polar surface area (TPSA) is 121 Å². The van der Waals surface area contributed by atoms with Crippen molar-refractivity contribution in [3.05, 3.63) is 0 Å². The summed E-state index contributed by atoms with van der Waals surface area (Å²) in [6.45, 7) is 0. The van der Waals surface area contributed by atoms with Crippen molar-refractivity contribution in [2.45, 2.75) is 0 Å². The average Bonchev–Trinajstić information content (AvgIpc) is 1.25. The molecule has 48 valence electrons. The van der Waals surface area contributed by atoms with Crippen molar-refractivity contribution in [1.82, 2.24) is 0 Å². The molecule has 0 radical (unpaired) electrons. The maximum absolute atomic E-state index is 8.63. The van der Waals surface area contributed by atoms with E-state index >= 15 is 0 Å². The Hall–Kier alpha value is 0.805. The third-order valence-electron chi connectivity index (χ3n) is 0. The zero-order chi connectivity index (χ0) is 7.15. The van der Waals surface area contributed by atoms with Gasteiger partial charge in [0.2, 0.25) is 0 Å². The van der Waals surface area contributed by atoms with Crippen LogP contribution in [0.25, 0.3) is 0 Å². The van der Waals surface area contributed by atoms with Crippen LogP contribution in [-0.4, -0.2) is 76.8 Å². The Bertz CT molecular complexity index is 69.1. The Balaban J connectivity index is -0.0000000720. The van der Waals surface area contributed by atoms with Crippen LogP contribution in [0, 0.1) is 0 Å². The third kappa shape index (κ3) is 629. The SMILES string of the molecule is O=[Si]([O-])O.O=[Si]([O-])O.[Ba+2]. The first-order valence-electron chi connectivity index (χ1n) is 1.26. The van der Waals surface area contributed by atoms with Gasteiger partial charge >= 0.3 is 67.2 Å². The Morgan fingerprint density at radius 2 is 1.00 bits per heavy atom. The van der Waals surface area contributed by atoms with Crippen molar-refractivity contribution in [3.8, 4) is 0 Å². The van der Waals surface area contributed by atoms with E-state index in [9.17, 15) is 0 Å². The monoisotopic (exact) mass is 292 g/mol. The minimum absolute atomic E-state index is 0. The van der Waals surface area contributed by atoms with Crippen LogP contribution in [0.3, 0.4) is 0 Å². The van der Waals surface area contributed by atoms with Gasteiger partial charge in [-0.3, -0.25) is 0 Å². The molecule has 2 N–H and O–H groups in total. The van der Waals surface area contributed by atoms with Gasteiger partial charge in [0, 0.05) is 0 Å². The van der Waals surface area contributed by atoms with Gasteiger partial charge in [-0.15, -0.1) is 0 Å². The van der Waals surface area contributed by atoms with E-state index in [-0.39, 0.29) is 48.9 Å². The maximum Gasteiger partial charge on any atom is 2.00 e. The zero-order valence-electron chi connectivity index (χ0n) is 4.23. The average molecular weight is 292 g/mol. The first-order valence-corrected chi connectivity index (χ1v) is 3.79. The molecule has 0 heterocycles. The quantitative estimate of drug-likeness (QED) is 0.432. The van der Waals surface area contributed by atoms with Crippen molar-refractivity contribution < 1.29 is 28.1 Å². The van der Waals surface area contributed by atoms with E-state index < -0.39 is 18.3 Å². The van der Waals surface area contributed by atoms with Crippen LogP contribution < -0.4 is 9.59 Å². The fraction of sp³-hybridized carbons (Fsp3) is 0. The second kappa shape index (κ2) is 11.6. The summed E-state index contributed by atoms with van der Waals surface area (Å²) in [5.74, 6) is 0. The molecule has 0 aliphatic carbocycles. The van der Waals surface area contributed by atoms with Crippen molar-refractivity contribution >= 4 is 67.2 Å². The van der Waals surface area contributed by atoms with E-state index in [1.54, 1.807) is 0 Å². The summed E-state index contributed by atoms with van der Waals surface area (Å²) in [4.78, 5) is 31.4. The Morgan fingerprint density at radius 3 is 1.00 bits per heavy atom. The molecule has 0 saturated heterocycles. The molecular formula is H2BaO6Si2. The summed E-state index contributed by atoms with van der Waals surface area (Å²) in [5, 5.41) is 0. The van der Waals surface area contributed by atoms with Gasteiger partial charge in [0.15, 0.2) is 0 Å². The molecular weight excluding hydrogens is 289 g/mol. The van der Waals surface area contributed by atoms with Crippen LogP contribution in [0.2, 0.25) is 0 Å². The smallest absolute Gasteiger partial charge is 0.604 e. The first-order chi connectivity index (χ1) is 3.46. The maximum atomic E-state index is 8.63. The van der Waals surface area contributed by atoms with Gasteiger partial charge in [-0.25, -0.2) is 0 Å². The molecule has 0 fully saturated rings. The Kier molecular flexibility index (Phi) is 21.1. The second-order valence-corrected chi connectivity index (χ2v) is 1.60. The van der Waals surface area contributed by atoms with Crippen LogP contribution in [-0.2, 0) is 8.92 Å². The summed E-state index contributed by atoms with van der Waals surface area (Å²) < 4.78 is 17.3. The number of hydrogen-bond donors (Lipinski definition) is 2. The van der Waals surface area contributed by atoms with Crippen LogP contribution in [0.15, 0.2) is 0 Å². The van der Waals surface area contributed by atoms with Gasteiger partial charge in [0.05, 0.1) is 0 Å². The molecule has 6 nitrogen and oxygen atoms in total. The van der Waals surface area contributed by atoms with Gasteiger partial charge in [-0.2, -0.15) is 0 Å². The Morgan fingerprint density at radius 1 is 1.00 bits per heavy atom. The molecule has 0 aromatic carbocycles. The van der Waals surface area contributed by atoms with Gasteiger partial charge in [0.1, 0.15) is 0 Å². The van der Waals surface area contributed by atoms with E-state index in [0.717, 1.165) is 0 Å². The van der Waals surface area contributed by atoms with E-state index in [2.05, 4.69) is 0 Å². The second-order valence-electron chi connectivity index (χ2n) is 0.532. The summed E-state index contributed by atoms with van der Waals surface area (Å²) in [7, 11) is -6.76. The van der Waals surface area contributed by atoms with Crippen molar-refractivity contribution in [2.75, 3.05) is 0 Å². The van der Waals surface area contributed by atoms with E-state index in [1.165, 1.54) is 0 Å². The summed E-state index contributed by atoms with van der Waals surface area (Å²) >= 11 is 0. The molecule has 0 aromatic heterocycles. The number of hydrogen-bond acceptors (Lipinski definition) is 4. The molecule has 9 heavy (non-hydrogen) atoms. The fourth-order valence-electron chi connectivity index (χ4n) is 0. The summed E-state index contributed by atoms with van der Waals surface area (Å²) in [6, 6.07) is 0. The standard InChI is InChI=1S/Ba.2HO3Si/c;2*1-4(2)3/h;2*1H/q+2;2*-1. The predicted molar refractivity (Wildman–Crippen MR) is 23.1 cm³/mol. The number of rotatable bonds is 0. The van der Waals surface area contributed by atoms with Crippen molar-refractivity contribution in [1.29, 1.82) is 0 Å². The van der Waals surface area contributed by atoms with E-state index in [0.29, 0.717) is 0 Å². The molecule has 0 aliphatic heterocycles. The van der Waals surface area contributed by atoms with Crippen LogP contribution >= 0.6 is 0 Å². The molecule has 0 unspecified atom stereocenters. The fourth-order valence-corrected chi connectivity index (χ4v) is 0. The predicted octanol–water partition coefficient (Wildman–Crippen LogP) is -4.87. The molecule has 0 saturated carbocycles. The van der Waals surface area contributed by atoms with Gasteiger partial charge in [-0.05, 0) is 0 Å². The van der Waals surface area contributed by atoms with Crippen LogP contribution in [0.4, 0.5) is 0 Å². The van der Waals surface area contributed by atoms with E-state index in [1.807, 2.05) is 0 Å². The largest absolute Gasteiger partial charge is 2.00 e. The molecule has 9 heteroatoms. The molecule has 0 spiro atoms. The van der Waals surface area contributed by atoms with Crippen LogP contribution in [0.5, 0.6) is 0 Å². The molecule has 0 aromatic rings. The third-order valence-corrected chi connectivity index (χ3v) is 0. The van der Waals surface area contributed by atoms with Crippen molar-refractivity contribution in [3.63, 3.8) is 0 Å². The molecule has 0 rings (SSSR count). The van der Waals surface area contributed by atoms with Crippen molar-refractivity contribution in [2.24, 2.45) is 0 Å². The minimum atomic E-state index is -3.38.